The van der Waals surface area contributed by atoms with Gasteiger partial charge in [-0.05, 0) is 39.4 Å². The minimum Gasteiger partial charge on any atom is -0.490 e. The Morgan fingerprint density at radius 2 is 1.91 bits per heavy atom. The predicted octanol–water partition coefficient (Wildman–Crippen LogP) is 4.59. The van der Waals surface area contributed by atoms with Crippen molar-refractivity contribution in [3.05, 3.63) is 59.7 Å². The van der Waals surface area contributed by atoms with E-state index in [0.717, 1.165) is 37.1 Å². The van der Waals surface area contributed by atoms with Crippen LogP contribution in [0, 0.1) is 11.6 Å². The van der Waals surface area contributed by atoms with Crippen molar-refractivity contribution in [3.63, 3.8) is 0 Å². The number of rotatable bonds is 12. The van der Waals surface area contributed by atoms with E-state index in [4.69, 9.17) is 9.47 Å². The van der Waals surface area contributed by atoms with Crippen molar-refractivity contribution in [1.29, 1.82) is 0 Å². The highest BCUT2D eigenvalue weighted by Crippen LogP contribution is 2.36. The van der Waals surface area contributed by atoms with Gasteiger partial charge in [-0.25, -0.2) is 29.1 Å². The third-order valence-electron chi connectivity index (χ3n) is 8.17. The molecule has 11 nitrogen and oxygen atoms in total. The number of ether oxygens (including phenoxy) is 2. The number of benzene rings is 1. The van der Waals surface area contributed by atoms with Crippen LogP contribution in [0.15, 0.2) is 36.8 Å². The van der Waals surface area contributed by atoms with Gasteiger partial charge in [0.25, 0.3) is 0 Å². The summed E-state index contributed by atoms with van der Waals surface area (Å²) in [6.45, 7) is 5.53. The van der Waals surface area contributed by atoms with Crippen molar-refractivity contribution >= 4 is 11.8 Å². The van der Waals surface area contributed by atoms with Crippen molar-refractivity contribution < 1.29 is 28.2 Å². The van der Waals surface area contributed by atoms with E-state index in [-0.39, 0.29) is 24.4 Å². The Morgan fingerprint density at radius 3 is 2.70 bits per heavy atom. The van der Waals surface area contributed by atoms with Gasteiger partial charge in [0.2, 0.25) is 5.82 Å². The zero-order valence-corrected chi connectivity index (χ0v) is 25.2. The Labute approximate surface area is 255 Å². The average molecular weight is 612 g/mol. The lowest BCUT2D eigenvalue weighted by Crippen LogP contribution is -2.52. The first-order valence-corrected chi connectivity index (χ1v) is 15.1. The summed E-state index contributed by atoms with van der Waals surface area (Å²) >= 11 is 0. The molecule has 1 amide bonds. The number of morpholine rings is 1. The SMILES string of the molecule is CC1c2cnc(-c3ncccn3)nc2CCN1c1cc(F)c(F)c(OCCCCCCN(C)C[C@@H]2COCCN2C(=O)O)c1. The summed E-state index contributed by atoms with van der Waals surface area (Å²) < 4.78 is 40.5. The van der Waals surface area contributed by atoms with Crippen LogP contribution < -0.4 is 9.64 Å². The number of hydrogen-bond acceptors (Lipinski definition) is 9. The topological polar surface area (TPSA) is 117 Å². The van der Waals surface area contributed by atoms with E-state index in [1.807, 2.05) is 18.9 Å². The smallest absolute Gasteiger partial charge is 0.407 e. The van der Waals surface area contributed by atoms with Crippen LogP contribution >= 0.6 is 0 Å². The largest absolute Gasteiger partial charge is 0.490 e. The maximum Gasteiger partial charge on any atom is 0.407 e. The van der Waals surface area contributed by atoms with Gasteiger partial charge in [-0.2, -0.15) is 4.39 Å². The van der Waals surface area contributed by atoms with Crippen molar-refractivity contribution in [2.45, 2.75) is 51.1 Å². The molecule has 2 atom stereocenters. The second-order valence-corrected chi connectivity index (χ2v) is 11.3. The van der Waals surface area contributed by atoms with Gasteiger partial charge in [0.05, 0.1) is 37.6 Å². The first-order valence-electron chi connectivity index (χ1n) is 15.1. The Bertz CT molecular complexity index is 1420. The number of amides is 1. The summed E-state index contributed by atoms with van der Waals surface area (Å²) in [7, 11) is 1.98. The van der Waals surface area contributed by atoms with Gasteiger partial charge >= 0.3 is 6.09 Å². The van der Waals surface area contributed by atoms with E-state index >= 15 is 0 Å². The normalized spacial score (nSPS) is 18.4. The number of nitrogens with zero attached hydrogens (tertiary/aromatic N) is 7. The number of likely N-dealkylation sites (N-methyl/N-ethyl adjacent to an activating group) is 1. The zero-order chi connectivity index (χ0) is 31.1. The van der Waals surface area contributed by atoms with Crippen LogP contribution in [0.1, 0.15) is 49.9 Å². The highest BCUT2D eigenvalue weighted by molar-refractivity contribution is 5.65. The molecule has 1 aromatic carbocycles. The Kier molecular flexibility index (Phi) is 10.5. The van der Waals surface area contributed by atoms with Crippen molar-refractivity contribution in [2.75, 3.05) is 57.9 Å². The second-order valence-electron chi connectivity index (χ2n) is 11.3. The van der Waals surface area contributed by atoms with Gasteiger partial charge in [-0.3, -0.25) is 4.90 Å². The van der Waals surface area contributed by atoms with Gasteiger partial charge in [0.1, 0.15) is 0 Å². The lowest BCUT2D eigenvalue weighted by Gasteiger charge is -2.36. The summed E-state index contributed by atoms with van der Waals surface area (Å²) in [5.74, 6) is -1.11. The van der Waals surface area contributed by atoms with Crippen molar-refractivity contribution in [2.24, 2.45) is 0 Å². The van der Waals surface area contributed by atoms with E-state index in [0.29, 0.717) is 63.0 Å². The fourth-order valence-electron chi connectivity index (χ4n) is 5.79. The van der Waals surface area contributed by atoms with Gasteiger partial charge in [0, 0.05) is 68.0 Å². The van der Waals surface area contributed by atoms with Gasteiger partial charge < -0.3 is 24.4 Å². The quantitative estimate of drug-likeness (QED) is 0.292. The van der Waals surface area contributed by atoms with Crippen LogP contribution in [0.2, 0.25) is 0 Å². The summed E-state index contributed by atoms with van der Waals surface area (Å²) in [5, 5.41) is 9.39. The van der Waals surface area contributed by atoms with Gasteiger partial charge in [-0.1, -0.05) is 12.8 Å². The summed E-state index contributed by atoms with van der Waals surface area (Å²) in [5.41, 5.74) is 2.35. The number of carboxylic acid groups (broad SMARTS) is 1. The summed E-state index contributed by atoms with van der Waals surface area (Å²) in [6, 6.07) is 4.19. The molecule has 1 fully saturated rings. The van der Waals surface area contributed by atoms with E-state index in [2.05, 4.69) is 24.8 Å². The highest BCUT2D eigenvalue weighted by atomic mass is 19.2. The monoisotopic (exact) mass is 611 g/mol. The van der Waals surface area contributed by atoms with Crippen LogP contribution in [0.25, 0.3) is 11.6 Å². The number of unbranched alkanes of at least 4 members (excludes halogenated alkanes) is 3. The molecule has 0 aliphatic carbocycles. The first-order chi connectivity index (χ1) is 21.3. The van der Waals surface area contributed by atoms with E-state index < -0.39 is 17.7 Å². The molecule has 4 heterocycles. The number of halogens is 2. The number of hydrogen-bond donors (Lipinski definition) is 1. The number of anilines is 1. The average Bonchev–Trinajstić information content (AvgIpc) is 3.03. The maximum atomic E-state index is 14.7. The third kappa shape index (κ3) is 7.56. The second kappa shape index (κ2) is 14.7. The lowest BCUT2D eigenvalue weighted by atomic mass is 9.98. The lowest BCUT2D eigenvalue weighted by molar-refractivity contribution is -0.00937. The molecule has 0 bridgehead atoms. The van der Waals surface area contributed by atoms with E-state index in [1.165, 1.54) is 11.0 Å². The molecule has 3 aromatic rings. The Hall–Kier alpha value is -3.97. The molecule has 0 spiro atoms. The molecule has 44 heavy (non-hydrogen) atoms. The first kappa shape index (κ1) is 31.5. The molecule has 1 N–H and O–H groups in total. The highest BCUT2D eigenvalue weighted by Gasteiger charge is 2.29. The third-order valence-corrected chi connectivity index (χ3v) is 8.17. The van der Waals surface area contributed by atoms with Crippen LogP contribution in [0.4, 0.5) is 19.3 Å². The summed E-state index contributed by atoms with van der Waals surface area (Å²) in [6.07, 6.45) is 8.21. The molecule has 5 rings (SSSR count). The minimum atomic E-state index is -0.988. The maximum absolute atomic E-state index is 14.7. The molecular formula is C31H39F2N7O4. The number of fused-ring (bicyclic) bond motifs is 1. The zero-order valence-electron chi connectivity index (χ0n) is 25.2. The van der Waals surface area contributed by atoms with Gasteiger partial charge in [-0.15, -0.1) is 0 Å². The molecule has 1 saturated heterocycles. The Morgan fingerprint density at radius 1 is 1.11 bits per heavy atom. The fraction of sp³-hybridized carbons (Fsp3) is 0.516. The van der Waals surface area contributed by atoms with E-state index in [1.54, 1.807) is 30.7 Å². The van der Waals surface area contributed by atoms with Crippen LogP contribution in [0.5, 0.6) is 5.75 Å². The van der Waals surface area contributed by atoms with Crippen LogP contribution in [-0.2, 0) is 11.2 Å². The standard InChI is InChI=1S/C31H39F2N7O4/c1-21-24-18-36-30(29-34-9-7-10-35-29)37-26(24)8-12-39(21)22-16-25(32)28(33)27(17-22)44-14-6-4-3-5-11-38(2)19-23-20-43-15-13-40(23)31(41)42/h7,9-10,16-18,21,23H,3-6,8,11-15,19-20H2,1-2H3,(H,41,42)/t21?,23-/m1/s1. The van der Waals surface area contributed by atoms with Crippen LogP contribution in [0.3, 0.4) is 0 Å². The molecule has 1 unspecified atom stereocenters. The minimum absolute atomic E-state index is 0.0942. The predicted molar refractivity (Wildman–Crippen MR) is 160 cm³/mol. The molecule has 0 radical (unpaired) electrons. The fourth-order valence-corrected chi connectivity index (χ4v) is 5.79. The van der Waals surface area contributed by atoms with Crippen molar-refractivity contribution in [3.8, 4) is 17.4 Å². The Balaban J connectivity index is 1.09. The molecule has 2 aliphatic heterocycles. The number of aromatic nitrogens is 4. The molecule has 236 valence electrons. The van der Waals surface area contributed by atoms with Gasteiger partial charge in [0.15, 0.2) is 23.2 Å². The molecule has 13 heteroatoms. The molecule has 2 aliphatic rings. The van der Waals surface area contributed by atoms with Crippen LogP contribution in [-0.4, -0.2) is 100 Å². The van der Waals surface area contributed by atoms with E-state index in [9.17, 15) is 18.7 Å². The molecular weight excluding hydrogens is 572 g/mol. The molecule has 0 saturated carbocycles. The number of carbonyl (C=O) groups is 1. The van der Waals surface area contributed by atoms with Crippen molar-refractivity contribution in [1.82, 2.24) is 29.7 Å². The molecule has 2 aromatic heterocycles. The summed E-state index contributed by atoms with van der Waals surface area (Å²) in [4.78, 5) is 34.6.